The number of rotatable bonds is 20. The van der Waals surface area contributed by atoms with Crippen molar-refractivity contribution >= 4 is 57.3 Å². The normalized spacial score (nSPS) is 14.8. The van der Waals surface area contributed by atoms with Crippen LogP contribution < -0.4 is 9.64 Å². The number of ether oxygens (including phenoxy) is 1. The molecule has 6 heteroatoms. The number of hydrogen-bond donors (Lipinski definition) is 1. The fourth-order valence-corrected chi connectivity index (χ4v) is 13.7. The summed E-state index contributed by atoms with van der Waals surface area (Å²) >= 11 is 1.45. The van der Waals surface area contributed by atoms with Crippen LogP contribution >= 0.6 is 11.3 Å². The maximum Gasteiger partial charge on any atom is 0.346 e. The number of aliphatic carboxylic acids is 1. The summed E-state index contributed by atoms with van der Waals surface area (Å²) < 4.78 is 7.98. The molecule has 0 saturated carbocycles. The first-order valence-corrected chi connectivity index (χ1v) is 30.0. The van der Waals surface area contributed by atoms with E-state index in [0.717, 1.165) is 73.6 Å². The fraction of sp³-hybridized carbons (Fsp3) is 0.184. The zero-order chi connectivity index (χ0) is 56.0. The molecule has 0 fully saturated rings. The van der Waals surface area contributed by atoms with Gasteiger partial charge in [-0.05, 0) is 142 Å². The molecule has 0 radical (unpaired) electrons. The van der Waals surface area contributed by atoms with E-state index in [2.05, 4.69) is 237 Å². The Kier molecular flexibility index (Phi) is 15.4. The van der Waals surface area contributed by atoms with Crippen molar-refractivity contribution in [2.24, 2.45) is 0 Å². The molecule has 10 aromatic rings. The number of nitrogens with zero attached hydrogens (tertiary/aromatic N) is 2. The largest absolute Gasteiger partial charge is 0.477 e. The SMILES string of the molecule is CCCCCCc1ccc(C2(c3ccc(CCCCCC)cc3)c3cc(N(c4ccccc4)c4ccccc4)ccc3-c3c2c2c(c4ccccc34)OC(c3ccccc3)(c3ccc(-c4ccc(/C=C(\C#N)C(=O)O)s4)cc3)C=C2)cc1. The van der Waals surface area contributed by atoms with Crippen molar-refractivity contribution in [3.8, 4) is 33.4 Å². The lowest BCUT2D eigenvalue weighted by Gasteiger charge is -2.40. The van der Waals surface area contributed by atoms with E-state index in [-0.39, 0.29) is 5.57 Å². The molecule has 1 aromatic heterocycles. The number of para-hydroxylation sites is 2. The van der Waals surface area contributed by atoms with E-state index in [4.69, 9.17) is 4.74 Å². The molecular formula is C76H66N2O3S. The van der Waals surface area contributed by atoms with E-state index >= 15 is 0 Å². The average Bonchev–Trinajstić information content (AvgIpc) is 2.91. The van der Waals surface area contributed by atoms with Crippen molar-refractivity contribution < 1.29 is 14.6 Å². The zero-order valence-electron chi connectivity index (χ0n) is 46.7. The van der Waals surface area contributed by atoms with Crippen LogP contribution in [0.1, 0.15) is 120 Å². The van der Waals surface area contributed by atoms with Gasteiger partial charge in [0.2, 0.25) is 0 Å². The summed E-state index contributed by atoms with van der Waals surface area (Å²) in [6.07, 6.45) is 17.9. The Morgan fingerprint density at radius 2 is 1.13 bits per heavy atom. The first kappa shape index (κ1) is 53.6. The number of thiophene rings is 1. The van der Waals surface area contributed by atoms with Crippen LogP contribution in [0.25, 0.3) is 44.5 Å². The van der Waals surface area contributed by atoms with Crippen molar-refractivity contribution in [1.29, 1.82) is 5.26 Å². The van der Waals surface area contributed by atoms with Gasteiger partial charge in [-0.1, -0.05) is 228 Å². The molecule has 0 amide bonds. The number of nitriles is 1. The molecule has 1 aliphatic heterocycles. The van der Waals surface area contributed by atoms with Gasteiger partial charge in [-0.2, -0.15) is 5.26 Å². The van der Waals surface area contributed by atoms with Gasteiger partial charge in [-0.3, -0.25) is 0 Å². The van der Waals surface area contributed by atoms with Crippen LogP contribution in [0.3, 0.4) is 0 Å². The second kappa shape index (κ2) is 23.6. The van der Waals surface area contributed by atoms with Crippen LogP contribution in [0.15, 0.2) is 230 Å². The predicted molar refractivity (Wildman–Crippen MR) is 339 cm³/mol. The van der Waals surface area contributed by atoms with Crippen molar-refractivity contribution in [3.63, 3.8) is 0 Å². The lowest BCUT2D eigenvalue weighted by molar-refractivity contribution is -0.132. The average molecular weight is 1090 g/mol. The van der Waals surface area contributed by atoms with Crippen molar-refractivity contribution in [2.75, 3.05) is 4.90 Å². The maximum atomic E-state index is 11.7. The highest BCUT2D eigenvalue weighted by Crippen LogP contribution is 2.63. The van der Waals surface area contributed by atoms with E-state index in [9.17, 15) is 15.2 Å². The van der Waals surface area contributed by atoms with Crippen LogP contribution in [0, 0.1) is 11.3 Å². The summed E-state index contributed by atoms with van der Waals surface area (Å²) in [5.74, 6) is -0.408. The molecule has 1 unspecified atom stereocenters. The molecule has 2 heterocycles. The Labute approximate surface area is 486 Å². The molecule has 82 heavy (non-hydrogen) atoms. The number of benzene rings is 9. The third kappa shape index (κ3) is 9.94. The van der Waals surface area contributed by atoms with E-state index in [1.165, 1.54) is 113 Å². The van der Waals surface area contributed by atoms with E-state index < -0.39 is 17.0 Å². The van der Waals surface area contributed by atoms with Gasteiger partial charge in [0, 0.05) is 48.9 Å². The molecule has 0 spiro atoms. The number of carboxylic acid groups (broad SMARTS) is 1. The van der Waals surface area contributed by atoms with Gasteiger partial charge in [-0.25, -0.2) is 4.79 Å². The molecule has 1 N–H and O–H groups in total. The van der Waals surface area contributed by atoms with Crippen molar-refractivity contribution in [3.05, 3.63) is 285 Å². The lowest BCUT2D eigenvalue weighted by atomic mass is 9.65. The highest BCUT2D eigenvalue weighted by Gasteiger charge is 2.51. The number of hydrogen-bond acceptors (Lipinski definition) is 5. The van der Waals surface area contributed by atoms with Crippen molar-refractivity contribution in [2.45, 2.75) is 89.1 Å². The summed E-state index contributed by atoms with van der Waals surface area (Å²) in [6, 6.07) is 81.5. The maximum absolute atomic E-state index is 11.7. The van der Waals surface area contributed by atoms with Crippen LogP contribution in [0.2, 0.25) is 0 Å². The molecule has 2 aliphatic rings. The molecule has 0 saturated heterocycles. The molecule has 0 bridgehead atoms. The Hall–Kier alpha value is -9.02. The molecule has 1 aliphatic carbocycles. The second-order valence-electron chi connectivity index (χ2n) is 21.8. The predicted octanol–water partition coefficient (Wildman–Crippen LogP) is 20.0. The Morgan fingerprint density at radius 3 is 1.71 bits per heavy atom. The minimum absolute atomic E-state index is 0.297. The van der Waals surface area contributed by atoms with Gasteiger partial charge in [0.15, 0.2) is 5.60 Å². The standard InChI is InChI=1S/C76H66N2O3S/c1-3-5-7-12-22-53-32-38-59(39-33-53)76(60-40-34-54(35-41-60)23-13-8-6-4-2)69-51-63(78(61-26-16-10-17-27-61)62-28-18-11-19-29-62)44-46-67(69)71-65-30-20-21-31-66(65)73-68(72(71)76)48-49-75(81-73,57-24-14-9-15-25-57)58-42-36-55(37-43-58)70-47-45-64(82-70)50-56(52-77)74(79)80/h9-11,14-21,24-51H,3-8,12-13,22-23H2,1-2H3,(H,79,80)/b56-50+. The van der Waals surface area contributed by atoms with E-state index in [0.29, 0.717) is 4.88 Å². The molecule has 1 atom stereocenters. The lowest BCUT2D eigenvalue weighted by Crippen LogP contribution is -2.36. The Morgan fingerprint density at radius 1 is 0.585 bits per heavy atom. The summed E-state index contributed by atoms with van der Waals surface area (Å²) in [5, 5.41) is 21.2. The summed E-state index contributed by atoms with van der Waals surface area (Å²) in [7, 11) is 0. The topological polar surface area (TPSA) is 73.6 Å². The highest BCUT2D eigenvalue weighted by atomic mass is 32.1. The fourth-order valence-electron chi connectivity index (χ4n) is 12.7. The number of anilines is 3. The quantitative estimate of drug-likeness (QED) is 0.0468. The molecule has 5 nitrogen and oxygen atoms in total. The number of unbranched alkanes of at least 4 members (excludes halogenated alkanes) is 6. The summed E-state index contributed by atoms with van der Waals surface area (Å²) in [6.45, 7) is 4.55. The first-order valence-electron chi connectivity index (χ1n) is 29.2. The van der Waals surface area contributed by atoms with Crippen LogP contribution in [0.4, 0.5) is 17.1 Å². The molecule has 404 valence electrons. The third-order valence-corrected chi connectivity index (χ3v) is 17.8. The van der Waals surface area contributed by atoms with Crippen molar-refractivity contribution in [1.82, 2.24) is 0 Å². The van der Waals surface area contributed by atoms with Crippen LogP contribution in [0.5, 0.6) is 5.75 Å². The van der Waals surface area contributed by atoms with E-state index in [1.807, 2.05) is 12.1 Å². The van der Waals surface area contributed by atoms with Gasteiger partial charge in [0.1, 0.15) is 17.4 Å². The number of aryl methyl sites for hydroxylation is 2. The van der Waals surface area contributed by atoms with Gasteiger partial charge in [0.05, 0.1) is 5.41 Å². The number of fused-ring (bicyclic) bond motifs is 8. The number of carboxylic acids is 1. The van der Waals surface area contributed by atoms with E-state index in [1.54, 1.807) is 6.07 Å². The van der Waals surface area contributed by atoms with Gasteiger partial charge in [-0.15, -0.1) is 11.3 Å². The van der Waals surface area contributed by atoms with Gasteiger partial charge >= 0.3 is 5.97 Å². The van der Waals surface area contributed by atoms with Crippen LogP contribution in [-0.4, -0.2) is 11.1 Å². The highest BCUT2D eigenvalue weighted by molar-refractivity contribution is 7.16. The monoisotopic (exact) mass is 1090 g/mol. The molecule has 12 rings (SSSR count). The minimum Gasteiger partial charge on any atom is -0.477 e. The minimum atomic E-state index is -1.24. The summed E-state index contributed by atoms with van der Waals surface area (Å²) in [4.78, 5) is 15.7. The second-order valence-corrected chi connectivity index (χ2v) is 22.9. The molecule has 9 aromatic carbocycles. The number of carbonyl (C=O) groups is 1. The Balaban J connectivity index is 1.10. The summed E-state index contributed by atoms with van der Waals surface area (Å²) in [5.41, 5.74) is 15.1. The van der Waals surface area contributed by atoms with Crippen LogP contribution in [-0.2, 0) is 28.7 Å². The van der Waals surface area contributed by atoms with Gasteiger partial charge < -0.3 is 14.7 Å². The third-order valence-electron chi connectivity index (χ3n) is 16.8. The smallest absolute Gasteiger partial charge is 0.346 e. The first-order chi connectivity index (χ1) is 40.3. The molecular weight excluding hydrogens is 1020 g/mol. The Bertz CT molecular complexity index is 3910. The van der Waals surface area contributed by atoms with Gasteiger partial charge in [0.25, 0.3) is 0 Å². The zero-order valence-corrected chi connectivity index (χ0v) is 47.5.